The molecule has 0 aromatic heterocycles. The van der Waals surface area contributed by atoms with Gasteiger partial charge in [0.15, 0.2) is 0 Å². The van der Waals surface area contributed by atoms with Gasteiger partial charge in [0.05, 0.1) is 0 Å². The van der Waals surface area contributed by atoms with Gasteiger partial charge in [0.2, 0.25) is 0 Å². The maximum absolute atomic E-state index is 9.86. The zero-order chi connectivity index (χ0) is 4.99. The number of rotatable bonds is 1. The topological polar surface area (TPSA) is 26.3 Å². The molecule has 6 heavy (non-hydrogen) atoms. The van der Waals surface area contributed by atoms with Gasteiger partial charge in [-0.25, -0.2) is 0 Å². The molecule has 3 radical (unpaired) electrons. The molecule has 0 heterocycles. The Balaban J connectivity index is 3.23. The second kappa shape index (κ2) is 3.21. The Labute approximate surface area is 49.8 Å². The van der Waals surface area contributed by atoms with E-state index in [9.17, 15) is 4.79 Å². The van der Waals surface area contributed by atoms with Crippen LogP contribution in [0.3, 0.4) is 0 Å². The molecule has 0 aliphatic rings. The number of hydrogen-bond acceptors (Lipinski definition) is 2. The Morgan fingerprint density at radius 3 is 2.50 bits per heavy atom. The van der Waals surface area contributed by atoms with E-state index >= 15 is 0 Å². The van der Waals surface area contributed by atoms with Crippen LogP contribution in [0.15, 0.2) is 12.7 Å². The Bertz CT molecular complexity index is 69.2. The van der Waals surface area contributed by atoms with Crippen LogP contribution >= 0.6 is 0 Å². The van der Waals surface area contributed by atoms with E-state index in [0.717, 1.165) is 29.0 Å². The van der Waals surface area contributed by atoms with Gasteiger partial charge in [0, 0.05) is 0 Å². The van der Waals surface area contributed by atoms with Crippen LogP contribution in [0, 0.1) is 0 Å². The molecule has 2 nitrogen and oxygen atoms in total. The molecule has 0 bridgehead atoms. The summed E-state index contributed by atoms with van der Waals surface area (Å²) in [6, 6.07) is 0. The van der Waals surface area contributed by atoms with Crippen molar-refractivity contribution in [1.29, 1.82) is 0 Å². The van der Waals surface area contributed by atoms with E-state index in [-0.39, 0.29) is 5.97 Å². The molecule has 0 N–H and O–H groups in total. The predicted octanol–water partition coefficient (Wildman–Crippen LogP) is -0.201. The molecule has 0 atom stereocenters. The Hall–Kier alpha value is 0.00870. The van der Waals surface area contributed by atoms with E-state index in [2.05, 4.69) is 9.65 Å². The van der Waals surface area contributed by atoms with Crippen LogP contribution in [0.2, 0.25) is 0 Å². The van der Waals surface area contributed by atoms with Gasteiger partial charge in [-0.15, -0.1) is 0 Å². The summed E-state index contributed by atoms with van der Waals surface area (Å²) >= 11 is 0.760. The fourth-order valence-corrected chi connectivity index (χ4v) is 0.280. The summed E-state index contributed by atoms with van der Waals surface area (Å²) in [5.41, 5.74) is 0. The second-order valence-electron chi connectivity index (χ2n) is 0.625. The molecule has 0 saturated carbocycles. The van der Waals surface area contributed by atoms with Gasteiger partial charge in [-0.2, -0.15) is 0 Å². The van der Waals surface area contributed by atoms with Gasteiger partial charge < -0.3 is 0 Å². The van der Waals surface area contributed by atoms with Crippen LogP contribution in [0.1, 0.15) is 0 Å². The first-order valence-corrected chi connectivity index (χ1v) is 2.47. The van der Waals surface area contributed by atoms with Crippen LogP contribution in [0.25, 0.3) is 0 Å². The minimum absolute atomic E-state index is 0.354. The van der Waals surface area contributed by atoms with Gasteiger partial charge in [0.25, 0.3) is 0 Å². The summed E-state index contributed by atoms with van der Waals surface area (Å²) in [6.45, 7) is 3.17. The monoisotopic (exact) mass is 191 g/mol. The summed E-state index contributed by atoms with van der Waals surface area (Å²) in [5, 5.41) is 0. The van der Waals surface area contributed by atoms with Crippen molar-refractivity contribution < 1.29 is 7.87 Å². The number of hydrogen-bond donors (Lipinski definition) is 0. The van der Waals surface area contributed by atoms with Crippen molar-refractivity contribution in [2.75, 3.05) is 0 Å². The molecule has 0 amide bonds. The molecule has 0 unspecified atom stereocenters. The van der Waals surface area contributed by atoms with Crippen LogP contribution in [-0.4, -0.2) is 28.9 Å². The van der Waals surface area contributed by atoms with E-state index in [1.54, 1.807) is 0 Å². The van der Waals surface area contributed by atoms with Crippen molar-refractivity contribution in [3.8, 4) is 0 Å². The second-order valence-corrected chi connectivity index (χ2v) is 1.21. The number of carbonyl (C=O) groups is 1. The molecule has 0 aliphatic carbocycles. The van der Waals surface area contributed by atoms with Gasteiger partial charge in [-0.3, -0.25) is 0 Å². The molecule has 0 aliphatic heterocycles. The van der Waals surface area contributed by atoms with Crippen LogP contribution in [0.5, 0.6) is 0 Å². The molecule has 0 spiro atoms. The third kappa shape index (κ3) is 2.26. The van der Waals surface area contributed by atoms with Crippen molar-refractivity contribution >= 4 is 28.9 Å². The minimum atomic E-state index is -0.354. The zero-order valence-electron chi connectivity index (χ0n) is 3.10. The average molecular weight is 190 g/mol. The van der Waals surface area contributed by atoms with Crippen molar-refractivity contribution in [2.24, 2.45) is 0 Å². The van der Waals surface area contributed by atoms with E-state index in [1.807, 2.05) is 0 Å². The summed E-state index contributed by atoms with van der Waals surface area (Å²) in [4.78, 5) is 9.86. The fraction of sp³-hybridized carbons (Fsp3) is 0. The first-order valence-electron chi connectivity index (χ1n) is 1.31. The van der Waals surface area contributed by atoms with Gasteiger partial charge in [-0.05, 0) is 0 Å². The van der Waals surface area contributed by atoms with Gasteiger partial charge in [-0.1, -0.05) is 0 Å². The molecule has 0 fully saturated rings. The van der Waals surface area contributed by atoms with Crippen LogP contribution in [0.4, 0.5) is 0 Å². The van der Waals surface area contributed by atoms with Crippen molar-refractivity contribution in [3.63, 3.8) is 0 Å². The molecule has 31 valence electrons. The van der Waals surface area contributed by atoms with E-state index in [0.29, 0.717) is 0 Å². The third-order valence-electron chi connectivity index (χ3n) is 0.267. The standard InChI is InChI=1S/C3H4O2.Sn/c1-2-3(4)5;/h2H,1H2,(H,4,5);/q;+1/p-1. The summed E-state index contributed by atoms with van der Waals surface area (Å²) in [5.74, 6) is -0.354. The Morgan fingerprint density at radius 1 is 2.00 bits per heavy atom. The van der Waals surface area contributed by atoms with Gasteiger partial charge >= 0.3 is 49.4 Å². The molecule has 3 heteroatoms. The molecular weight excluding hydrogens is 187 g/mol. The normalized spacial score (nSPS) is 6.83. The maximum atomic E-state index is 9.86. The SMILES string of the molecule is C=CC(=O)[O][Sn]. The number of carbonyl (C=O) groups excluding carboxylic acids is 1. The molecule has 0 aromatic rings. The van der Waals surface area contributed by atoms with E-state index in [1.165, 1.54) is 0 Å². The first-order chi connectivity index (χ1) is 2.81. The first kappa shape index (κ1) is 6.01. The molecular formula is C3H3O2Sn. The Kier molecular flexibility index (Phi) is 3.21. The third-order valence-corrected chi connectivity index (χ3v) is 0.841. The fourth-order valence-electron chi connectivity index (χ4n) is 0.0417. The van der Waals surface area contributed by atoms with Crippen molar-refractivity contribution in [1.82, 2.24) is 0 Å². The van der Waals surface area contributed by atoms with Gasteiger partial charge in [0.1, 0.15) is 0 Å². The van der Waals surface area contributed by atoms with Crippen LogP contribution < -0.4 is 0 Å². The summed E-state index contributed by atoms with van der Waals surface area (Å²) < 4.78 is 4.23. The predicted molar refractivity (Wildman–Crippen MR) is 22.0 cm³/mol. The quantitative estimate of drug-likeness (QED) is 0.422. The van der Waals surface area contributed by atoms with E-state index in [4.69, 9.17) is 0 Å². The Morgan fingerprint density at radius 2 is 2.50 bits per heavy atom. The molecule has 0 rings (SSSR count). The summed E-state index contributed by atoms with van der Waals surface area (Å²) in [7, 11) is 0. The van der Waals surface area contributed by atoms with Crippen LogP contribution in [-0.2, 0) is 7.87 Å². The van der Waals surface area contributed by atoms with E-state index < -0.39 is 0 Å². The van der Waals surface area contributed by atoms with Crippen molar-refractivity contribution in [2.45, 2.75) is 0 Å². The van der Waals surface area contributed by atoms with Crippen molar-refractivity contribution in [3.05, 3.63) is 12.7 Å². The molecule has 0 aromatic carbocycles. The average Bonchev–Trinajstić information content (AvgIpc) is 1.65. The summed E-state index contributed by atoms with van der Waals surface area (Å²) in [6.07, 6.45) is 1.13. The molecule has 0 saturated heterocycles. The zero-order valence-corrected chi connectivity index (χ0v) is 5.96.